The van der Waals surface area contributed by atoms with Crippen molar-refractivity contribution in [2.75, 3.05) is 13.2 Å². The van der Waals surface area contributed by atoms with Gasteiger partial charge in [0.1, 0.15) is 18.8 Å². The van der Waals surface area contributed by atoms with Crippen molar-refractivity contribution in [1.29, 1.82) is 0 Å². The van der Waals surface area contributed by atoms with Crippen LogP contribution in [0.25, 0.3) is 0 Å². The normalized spacial score (nSPS) is 18.0. The van der Waals surface area contributed by atoms with Crippen molar-refractivity contribution < 1.29 is 58.2 Å². The van der Waals surface area contributed by atoms with E-state index in [1.54, 1.807) is 0 Å². The second kappa shape index (κ2) is 54.1. The first-order chi connectivity index (χ1) is 37.6. The van der Waals surface area contributed by atoms with E-state index < -0.39 is 67.3 Å². The summed E-state index contributed by atoms with van der Waals surface area (Å²) in [5.74, 6) is -3.08. The number of hydrogen-bond acceptors (Lipinski definition) is 11. The van der Waals surface area contributed by atoms with E-state index >= 15 is 0 Å². The number of unbranched alkanes of at least 4 members (excludes halogenated alkanes) is 41. The van der Waals surface area contributed by atoms with E-state index in [-0.39, 0.29) is 25.9 Å². The number of allylic oxidation sites excluding steroid dienone is 2. The van der Waals surface area contributed by atoms with Gasteiger partial charge in [-0.2, -0.15) is 0 Å². The second-order valence-electron chi connectivity index (χ2n) is 22.8. The second-order valence-corrected chi connectivity index (χ2v) is 22.8. The molecule has 0 spiro atoms. The fraction of sp³-hybridized carbons (Fsp3) is 0.908. The quantitative estimate of drug-likeness (QED) is 0.0228. The average molecular weight is 1090 g/mol. The Hall–Kier alpha value is -2.54. The number of carboxylic acids is 1. The largest absolute Gasteiger partial charge is 0.479 e. The van der Waals surface area contributed by atoms with Gasteiger partial charge in [0.2, 0.25) is 0 Å². The Balaban J connectivity index is 2.63. The van der Waals surface area contributed by atoms with Crippen molar-refractivity contribution in [1.82, 2.24) is 0 Å². The highest BCUT2D eigenvalue weighted by Crippen LogP contribution is 2.27. The van der Waals surface area contributed by atoms with Gasteiger partial charge >= 0.3 is 23.9 Å². The van der Waals surface area contributed by atoms with Crippen LogP contribution in [0.5, 0.6) is 0 Å². The zero-order chi connectivity index (χ0) is 56.1. The van der Waals surface area contributed by atoms with E-state index in [1.165, 1.54) is 199 Å². The lowest BCUT2D eigenvalue weighted by atomic mass is 9.98. The summed E-state index contributed by atoms with van der Waals surface area (Å²) in [4.78, 5) is 51.3. The number of hydrogen-bond donors (Lipinski definition) is 3. The van der Waals surface area contributed by atoms with Gasteiger partial charge in [0.15, 0.2) is 24.6 Å². The average Bonchev–Trinajstić information content (AvgIpc) is 3.42. The Kier molecular flexibility index (Phi) is 50.9. The molecule has 0 radical (unpaired) electrons. The molecule has 0 aliphatic carbocycles. The highest BCUT2D eigenvalue weighted by molar-refractivity contribution is 5.74. The number of aliphatic hydroxyl groups is 2. The Morgan fingerprint density at radius 2 is 0.740 bits per heavy atom. The molecule has 1 saturated heterocycles. The molecule has 77 heavy (non-hydrogen) atoms. The van der Waals surface area contributed by atoms with Crippen LogP contribution in [0.4, 0.5) is 0 Å². The number of carboxylic acid groups (broad SMARTS) is 1. The van der Waals surface area contributed by atoms with Gasteiger partial charge in [0.25, 0.3) is 0 Å². The molecule has 12 nitrogen and oxygen atoms in total. The Labute approximate surface area is 471 Å². The van der Waals surface area contributed by atoms with E-state index in [0.717, 1.165) is 70.6 Å². The van der Waals surface area contributed by atoms with E-state index in [0.29, 0.717) is 19.3 Å². The molecule has 1 heterocycles. The molecule has 0 aromatic carbocycles. The molecule has 0 aromatic heterocycles. The Morgan fingerprint density at radius 3 is 1.10 bits per heavy atom. The highest BCUT2D eigenvalue weighted by atomic mass is 16.7. The first kappa shape index (κ1) is 72.5. The minimum atomic E-state index is -1.90. The van der Waals surface area contributed by atoms with Crippen molar-refractivity contribution in [2.45, 2.75) is 366 Å². The summed E-state index contributed by atoms with van der Waals surface area (Å²) >= 11 is 0. The van der Waals surface area contributed by atoms with Gasteiger partial charge < -0.3 is 39.0 Å². The molecule has 0 aromatic rings. The number of rotatable bonds is 57. The summed E-state index contributed by atoms with van der Waals surface area (Å²) in [6, 6.07) is 0. The summed E-state index contributed by atoms with van der Waals surface area (Å²) in [6.07, 6.45) is 48.8. The number of carbonyl (C=O) groups is 4. The standard InChI is InChI=1S/C65H120O12/c1-4-7-10-13-16-19-22-25-27-29-31-34-36-39-42-45-48-51-57(66)73-54-56(75-58(67)52-49-46-43-40-37-33-24-21-18-15-12-9-6-3)55-74-65-63(61(70)60(69)62(77-65)64(71)72)76-59(68)53-50-47-44-41-38-35-32-30-28-26-23-20-17-14-11-8-5-2/h26,28,56,60-63,65,69-70H,4-25,27,29-55H2,1-3H3,(H,71,72)/b28-26-. The molecule has 452 valence electrons. The van der Waals surface area contributed by atoms with Crippen LogP contribution >= 0.6 is 0 Å². The maximum absolute atomic E-state index is 13.2. The first-order valence-corrected chi connectivity index (χ1v) is 32.7. The molecule has 0 amide bonds. The Bertz CT molecular complexity index is 1390. The zero-order valence-corrected chi connectivity index (χ0v) is 50.0. The van der Waals surface area contributed by atoms with Crippen molar-refractivity contribution in [2.24, 2.45) is 0 Å². The minimum absolute atomic E-state index is 0.0621. The molecule has 12 heteroatoms. The van der Waals surface area contributed by atoms with Crippen LogP contribution in [0, 0.1) is 0 Å². The molecule has 1 aliphatic heterocycles. The molecule has 1 rings (SSSR count). The third kappa shape index (κ3) is 43.9. The van der Waals surface area contributed by atoms with E-state index in [9.17, 15) is 34.5 Å². The van der Waals surface area contributed by atoms with Crippen molar-refractivity contribution in [3.05, 3.63) is 12.2 Å². The van der Waals surface area contributed by atoms with Gasteiger partial charge in [-0.3, -0.25) is 14.4 Å². The van der Waals surface area contributed by atoms with Crippen LogP contribution in [0.15, 0.2) is 12.2 Å². The smallest absolute Gasteiger partial charge is 0.335 e. The third-order valence-corrected chi connectivity index (χ3v) is 15.3. The molecule has 0 saturated carbocycles. The molecule has 6 atom stereocenters. The number of ether oxygens (including phenoxy) is 5. The summed E-state index contributed by atoms with van der Waals surface area (Å²) in [5.41, 5.74) is 0. The number of esters is 3. The minimum Gasteiger partial charge on any atom is -0.479 e. The van der Waals surface area contributed by atoms with Crippen LogP contribution in [0.2, 0.25) is 0 Å². The van der Waals surface area contributed by atoms with Crippen LogP contribution in [0.1, 0.15) is 329 Å². The SMILES string of the molecule is CCCCCCCC/C=C\CCCCCCCCCC(=O)OC1C(OCC(COC(=O)CCCCCCCCCCCCCCCCCCC)OC(=O)CCCCCCCCCCCCCCC)OC(C(=O)O)C(O)C1O. The van der Waals surface area contributed by atoms with E-state index in [4.69, 9.17) is 23.7 Å². The lowest BCUT2D eigenvalue weighted by Crippen LogP contribution is -2.61. The predicted octanol–water partition coefficient (Wildman–Crippen LogP) is 17.2. The van der Waals surface area contributed by atoms with Gasteiger partial charge in [0, 0.05) is 19.3 Å². The molecule has 0 bridgehead atoms. The lowest BCUT2D eigenvalue weighted by Gasteiger charge is -2.40. The lowest BCUT2D eigenvalue weighted by molar-refractivity contribution is -0.301. The number of carbonyl (C=O) groups excluding carboxylic acids is 3. The number of aliphatic carboxylic acids is 1. The first-order valence-electron chi connectivity index (χ1n) is 32.7. The van der Waals surface area contributed by atoms with Crippen LogP contribution < -0.4 is 0 Å². The van der Waals surface area contributed by atoms with Gasteiger partial charge in [-0.15, -0.1) is 0 Å². The fourth-order valence-corrected chi connectivity index (χ4v) is 10.3. The van der Waals surface area contributed by atoms with Crippen molar-refractivity contribution in [3.63, 3.8) is 0 Å². The van der Waals surface area contributed by atoms with Crippen LogP contribution in [-0.4, -0.2) is 89.2 Å². The summed E-state index contributed by atoms with van der Waals surface area (Å²) in [6.45, 7) is 6.05. The maximum atomic E-state index is 13.2. The van der Waals surface area contributed by atoms with Crippen molar-refractivity contribution >= 4 is 23.9 Å². The summed E-state index contributed by atoms with van der Waals surface area (Å²) in [5, 5.41) is 31.6. The molecule has 1 aliphatic rings. The zero-order valence-electron chi connectivity index (χ0n) is 50.0. The van der Waals surface area contributed by atoms with Gasteiger partial charge in [-0.05, 0) is 44.9 Å². The fourth-order valence-electron chi connectivity index (χ4n) is 10.3. The molecular weight excluding hydrogens is 973 g/mol. The van der Waals surface area contributed by atoms with Crippen molar-refractivity contribution in [3.8, 4) is 0 Å². The monoisotopic (exact) mass is 1090 g/mol. The van der Waals surface area contributed by atoms with Crippen LogP contribution in [0.3, 0.4) is 0 Å². The summed E-state index contributed by atoms with van der Waals surface area (Å²) < 4.78 is 28.5. The maximum Gasteiger partial charge on any atom is 0.335 e. The Morgan fingerprint density at radius 1 is 0.416 bits per heavy atom. The number of aliphatic hydroxyl groups excluding tert-OH is 2. The van der Waals surface area contributed by atoms with Gasteiger partial charge in [-0.1, -0.05) is 277 Å². The third-order valence-electron chi connectivity index (χ3n) is 15.3. The van der Waals surface area contributed by atoms with Gasteiger partial charge in [0.05, 0.1) is 6.61 Å². The molecule has 1 fully saturated rings. The van der Waals surface area contributed by atoms with Crippen LogP contribution in [-0.2, 0) is 42.9 Å². The predicted molar refractivity (Wildman–Crippen MR) is 313 cm³/mol. The van der Waals surface area contributed by atoms with Gasteiger partial charge in [-0.25, -0.2) is 4.79 Å². The van der Waals surface area contributed by atoms with E-state index in [1.807, 2.05) is 0 Å². The summed E-state index contributed by atoms with van der Waals surface area (Å²) in [7, 11) is 0. The molecular formula is C65H120O12. The topological polar surface area (TPSA) is 175 Å². The van der Waals surface area contributed by atoms with E-state index in [2.05, 4.69) is 32.9 Å². The molecule has 3 N–H and O–H groups in total. The highest BCUT2D eigenvalue weighted by Gasteiger charge is 2.50. The molecule has 6 unspecified atom stereocenters.